The largest absolute Gasteiger partial charge is 0.497 e. The second-order valence-corrected chi connectivity index (χ2v) is 8.26. The average Bonchev–Trinajstić information content (AvgIpc) is 3.20. The Kier molecular flexibility index (Phi) is 7.25. The molecule has 1 fully saturated rings. The van der Waals surface area contributed by atoms with Gasteiger partial charge in [0, 0.05) is 55.9 Å². The number of hydrogen-bond donors (Lipinski definition) is 0. The van der Waals surface area contributed by atoms with Gasteiger partial charge in [-0.2, -0.15) is 0 Å². The molecule has 4 rings (SSSR count). The van der Waals surface area contributed by atoms with Gasteiger partial charge in [0.15, 0.2) is 0 Å². The molecule has 0 saturated carbocycles. The van der Waals surface area contributed by atoms with Crippen LogP contribution in [0.1, 0.15) is 18.1 Å². The molecule has 2 aromatic carbocycles. The smallest absolute Gasteiger partial charge is 0.409 e. The Hall–Kier alpha value is -3.68. The summed E-state index contributed by atoms with van der Waals surface area (Å²) >= 11 is 0. The lowest BCUT2D eigenvalue weighted by atomic mass is 10.1. The van der Waals surface area contributed by atoms with Crippen molar-refractivity contribution in [2.24, 2.45) is 0 Å². The molecule has 0 spiro atoms. The van der Waals surface area contributed by atoms with E-state index in [9.17, 15) is 9.59 Å². The van der Waals surface area contributed by atoms with Crippen LogP contribution in [0.15, 0.2) is 48.7 Å². The number of fused-ring (bicyclic) bond motifs is 1. The summed E-state index contributed by atoms with van der Waals surface area (Å²) in [7, 11) is 3.28. The van der Waals surface area contributed by atoms with Crippen molar-refractivity contribution in [1.29, 1.82) is 0 Å². The van der Waals surface area contributed by atoms with Crippen molar-refractivity contribution in [2.45, 2.75) is 19.9 Å². The number of piperazine rings is 1. The SMILES string of the molecule is CCOC(=O)N1CCN(C(=O)Cc2cn(Cc3cc(OC)cc(OC)c3)c3ccccc23)CC1. The molecule has 0 unspecified atom stereocenters. The van der Waals surface area contributed by atoms with Crippen molar-refractivity contribution >= 4 is 22.9 Å². The van der Waals surface area contributed by atoms with Crippen molar-refractivity contribution in [3.05, 3.63) is 59.8 Å². The fraction of sp³-hybridized carbons (Fsp3) is 0.385. The van der Waals surface area contributed by atoms with Crippen LogP contribution in [0.4, 0.5) is 4.79 Å². The molecule has 0 radical (unpaired) electrons. The monoisotopic (exact) mass is 465 g/mol. The van der Waals surface area contributed by atoms with Gasteiger partial charge in [-0.1, -0.05) is 18.2 Å². The highest BCUT2D eigenvalue weighted by molar-refractivity contribution is 5.89. The first-order chi connectivity index (χ1) is 16.5. The lowest BCUT2D eigenvalue weighted by Crippen LogP contribution is -2.51. The molecule has 2 heterocycles. The number of amides is 2. The van der Waals surface area contributed by atoms with Crippen molar-refractivity contribution < 1.29 is 23.8 Å². The van der Waals surface area contributed by atoms with Crippen molar-refractivity contribution in [3.8, 4) is 11.5 Å². The summed E-state index contributed by atoms with van der Waals surface area (Å²) in [6.07, 6.45) is 2.06. The Balaban J connectivity index is 1.50. The molecule has 1 aliphatic heterocycles. The van der Waals surface area contributed by atoms with Crippen molar-refractivity contribution in [3.63, 3.8) is 0 Å². The molecular weight excluding hydrogens is 434 g/mol. The number of nitrogens with zero attached hydrogens (tertiary/aromatic N) is 3. The van der Waals surface area contributed by atoms with E-state index in [2.05, 4.69) is 22.9 Å². The van der Waals surface area contributed by atoms with E-state index >= 15 is 0 Å². The molecule has 34 heavy (non-hydrogen) atoms. The molecule has 0 atom stereocenters. The summed E-state index contributed by atoms with van der Waals surface area (Å²) in [6, 6.07) is 14.0. The second kappa shape index (κ2) is 10.5. The Morgan fingerprint density at radius 3 is 2.21 bits per heavy atom. The number of benzene rings is 2. The number of rotatable bonds is 7. The van der Waals surface area contributed by atoms with Crippen LogP contribution >= 0.6 is 0 Å². The minimum absolute atomic E-state index is 0.0643. The third-order valence-electron chi connectivity index (χ3n) is 6.14. The van der Waals surface area contributed by atoms with Gasteiger partial charge in [0.25, 0.3) is 0 Å². The first kappa shape index (κ1) is 23.5. The van der Waals surface area contributed by atoms with Gasteiger partial charge in [-0.3, -0.25) is 4.79 Å². The van der Waals surface area contributed by atoms with Crippen LogP contribution < -0.4 is 9.47 Å². The number of para-hydroxylation sites is 1. The molecule has 0 aliphatic carbocycles. The van der Waals surface area contributed by atoms with E-state index in [1.165, 1.54) is 0 Å². The second-order valence-electron chi connectivity index (χ2n) is 8.26. The van der Waals surface area contributed by atoms with Gasteiger partial charge in [-0.15, -0.1) is 0 Å². The fourth-order valence-corrected chi connectivity index (χ4v) is 4.38. The maximum Gasteiger partial charge on any atom is 0.409 e. The van der Waals surface area contributed by atoms with Gasteiger partial charge in [-0.05, 0) is 36.2 Å². The topological polar surface area (TPSA) is 73.2 Å². The molecular formula is C26H31N3O5. The molecule has 3 aromatic rings. The van der Waals surface area contributed by atoms with E-state index in [-0.39, 0.29) is 12.0 Å². The van der Waals surface area contributed by atoms with Gasteiger partial charge in [-0.25, -0.2) is 4.79 Å². The van der Waals surface area contributed by atoms with E-state index in [1.54, 1.807) is 26.0 Å². The van der Waals surface area contributed by atoms with Crippen molar-refractivity contribution in [1.82, 2.24) is 14.4 Å². The summed E-state index contributed by atoms with van der Waals surface area (Å²) in [5, 5.41) is 1.07. The van der Waals surface area contributed by atoms with Gasteiger partial charge in [0.1, 0.15) is 11.5 Å². The molecule has 1 aliphatic rings. The predicted molar refractivity (Wildman–Crippen MR) is 129 cm³/mol. The highest BCUT2D eigenvalue weighted by atomic mass is 16.6. The summed E-state index contributed by atoms with van der Waals surface area (Å²) in [5.74, 6) is 1.54. The third kappa shape index (κ3) is 5.11. The Morgan fingerprint density at radius 2 is 1.56 bits per heavy atom. The van der Waals surface area contributed by atoms with E-state index in [4.69, 9.17) is 14.2 Å². The number of carbonyl (C=O) groups is 2. The Labute approximate surface area is 199 Å². The summed E-state index contributed by atoms with van der Waals surface area (Å²) < 4.78 is 18.0. The molecule has 1 saturated heterocycles. The van der Waals surface area contributed by atoms with Crippen LogP contribution in [0.5, 0.6) is 11.5 Å². The lowest BCUT2D eigenvalue weighted by Gasteiger charge is -2.34. The molecule has 8 nitrogen and oxygen atoms in total. The van der Waals surface area contributed by atoms with Crippen LogP contribution in [0.2, 0.25) is 0 Å². The molecule has 2 amide bonds. The van der Waals surface area contributed by atoms with Crippen molar-refractivity contribution in [2.75, 3.05) is 47.0 Å². The normalized spacial score (nSPS) is 13.7. The van der Waals surface area contributed by atoms with E-state index in [1.807, 2.05) is 35.2 Å². The molecule has 180 valence electrons. The standard InChI is InChI=1S/C26H31N3O5/c1-4-34-26(31)28-11-9-27(10-12-28)25(30)15-20-18-29(24-8-6-5-7-23(20)24)17-19-13-21(32-2)16-22(14-19)33-3/h5-8,13-14,16,18H,4,9-12,15,17H2,1-3H3. The minimum Gasteiger partial charge on any atom is -0.497 e. The quantitative estimate of drug-likeness (QED) is 0.534. The van der Waals surface area contributed by atoms with Crippen LogP contribution in [-0.2, 0) is 22.5 Å². The molecule has 1 aromatic heterocycles. The lowest BCUT2D eigenvalue weighted by molar-refractivity contribution is -0.132. The average molecular weight is 466 g/mol. The maximum atomic E-state index is 13.1. The van der Waals surface area contributed by atoms with Gasteiger partial charge in [0.2, 0.25) is 5.91 Å². The Bertz CT molecular complexity index is 1140. The summed E-state index contributed by atoms with van der Waals surface area (Å²) in [5.41, 5.74) is 3.10. The summed E-state index contributed by atoms with van der Waals surface area (Å²) in [4.78, 5) is 28.5. The number of methoxy groups -OCH3 is 2. The van der Waals surface area contributed by atoms with Crippen LogP contribution in [0.25, 0.3) is 10.9 Å². The van der Waals surface area contributed by atoms with E-state index < -0.39 is 0 Å². The van der Waals surface area contributed by atoms with Crippen LogP contribution in [0, 0.1) is 0 Å². The third-order valence-corrected chi connectivity index (χ3v) is 6.14. The molecule has 8 heteroatoms. The first-order valence-electron chi connectivity index (χ1n) is 11.5. The first-order valence-corrected chi connectivity index (χ1v) is 11.5. The van der Waals surface area contributed by atoms with Gasteiger partial charge in [0.05, 0.1) is 27.2 Å². The maximum absolute atomic E-state index is 13.1. The number of aromatic nitrogens is 1. The number of hydrogen-bond acceptors (Lipinski definition) is 5. The van der Waals surface area contributed by atoms with Gasteiger partial charge < -0.3 is 28.6 Å². The number of carbonyl (C=O) groups excluding carboxylic acids is 2. The zero-order chi connectivity index (χ0) is 24.1. The molecule has 0 N–H and O–H groups in total. The number of ether oxygens (including phenoxy) is 3. The zero-order valence-corrected chi connectivity index (χ0v) is 20.0. The van der Waals surface area contributed by atoms with Crippen LogP contribution in [-0.4, -0.2) is 73.4 Å². The zero-order valence-electron chi connectivity index (χ0n) is 20.0. The Morgan fingerprint density at radius 1 is 0.912 bits per heavy atom. The van der Waals surface area contributed by atoms with Crippen LogP contribution in [0.3, 0.4) is 0 Å². The fourth-order valence-electron chi connectivity index (χ4n) is 4.38. The molecule has 0 bridgehead atoms. The predicted octanol–water partition coefficient (Wildman–Crippen LogP) is 3.55. The van der Waals surface area contributed by atoms with E-state index in [0.29, 0.717) is 45.8 Å². The van der Waals surface area contributed by atoms with E-state index in [0.717, 1.165) is 33.5 Å². The van der Waals surface area contributed by atoms with Gasteiger partial charge >= 0.3 is 6.09 Å². The highest BCUT2D eigenvalue weighted by Crippen LogP contribution is 2.27. The minimum atomic E-state index is -0.313. The summed E-state index contributed by atoms with van der Waals surface area (Å²) in [6.45, 7) is 4.78. The highest BCUT2D eigenvalue weighted by Gasteiger charge is 2.25.